The lowest BCUT2D eigenvalue weighted by atomic mass is 9.90. The van der Waals surface area contributed by atoms with E-state index >= 15 is 0 Å². The number of ether oxygens (including phenoxy) is 1. The van der Waals surface area contributed by atoms with Gasteiger partial charge < -0.3 is 15.0 Å². The van der Waals surface area contributed by atoms with Crippen LogP contribution in [-0.4, -0.2) is 49.2 Å². The maximum Gasteiger partial charge on any atom is 0.242 e. The second-order valence-electron chi connectivity index (χ2n) is 6.47. The molecule has 1 aromatic rings. The quantitative estimate of drug-likeness (QED) is 0.926. The van der Waals surface area contributed by atoms with E-state index in [1.807, 2.05) is 11.8 Å². The number of nitrogens with one attached hydrogen (secondary N) is 1. The van der Waals surface area contributed by atoms with Crippen molar-refractivity contribution >= 4 is 5.91 Å². The maximum absolute atomic E-state index is 12.6. The summed E-state index contributed by atoms with van der Waals surface area (Å²) in [6.45, 7) is 5.20. The van der Waals surface area contributed by atoms with Crippen molar-refractivity contribution in [1.82, 2.24) is 10.2 Å². The Kier molecular flexibility index (Phi) is 5.11. The molecule has 2 heterocycles. The van der Waals surface area contributed by atoms with E-state index in [9.17, 15) is 4.79 Å². The Morgan fingerprint density at radius 3 is 2.68 bits per heavy atom. The minimum atomic E-state index is -0.167. The fourth-order valence-corrected chi connectivity index (χ4v) is 3.51. The Morgan fingerprint density at radius 2 is 2.00 bits per heavy atom. The smallest absolute Gasteiger partial charge is 0.242 e. The first-order valence-electron chi connectivity index (χ1n) is 8.42. The maximum atomic E-state index is 12.6. The van der Waals surface area contributed by atoms with Gasteiger partial charge in [0.05, 0.1) is 12.7 Å². The van der Waals surface area contributed by atoms with Crippen molar-refractivity contribution in [2.45, 2.75) is 38.3 Å². The van der Waals surface area contributed by atoms with E-state index in [2.05, 4.69) is 35.6 Å². The molecule has 2 aliphatic rings. The summed E-state index contributed by atoms with van der Waals surface area (Å²) in [5.74, 6) is 0.907. The number of morpholine rings is 1. The van der Waals surface area contributed by atoms with Crippen LogP contribution in [0.5, 0.6) is 0 Å². The van der Waals surface area contributed by atoms with Crippen molar-refractivity contribution in [2.75, 3.05) is 26.2 Å². The molecule has 0 radical (unpaired) electrons. The lowest BCUT2D eigenvalue weighted by Gasteiger charge is -2.37. The van der Waals surface area contributed by atoms with E-state index in [4.69, 9.17) is 4.74 Å². The number of hydrogen-bond donors (Lipinski definition) is 1. The number of nitrogens with zero attached hydrogens (tertiary/aromatic N) is 1. The van der Waals surface area contributed by atoms with Crippen molar-refractivity contribution < 1.29 is 9.53 Å². The molecule has 0 saturated carbocycles. The third-order valence-corrected chi connectivity index (χ3v) is 4.88. The Hall–Kier alpha value is -1.39. The first-order chi connectivity index (χ1) is 10.7. The van der Waals surface area contributed by atoms with E-state index in [1.165, 1.54) is 5.56 Å². The number of carbonyl (C=O) groups excluding carboxylic acids is 1. The van der Waals surface area contributed by atoms with Gasteiger partial charge in [-0.05, 0) is 37.7 Å². The Bertz CT molecular complexity index is 483. The second kappa shape index (κ2) is 7.25. The Labute approximate surface area is 132 Å². The average Bonchev–Trinajstić information content (AvgIpc) is 2.56. The van der Waals surface area contributed by atoms with Crippen molar-refractivity contribution in [3.8, 4) is 0 Å². The van der Waals surface area contributed by atoms with Gasteiger partial charge in [0.25, 0.3) is 0 Å². The summed E-state index contributed by atoms with van der Waals surface area (Å²) in [6.07, 6.45) is 3.30. The molecule has 3 rings (SSSR count). The highest BCUT2D eigenvalue weighted by molar-refractivity contribution is 5.82. The first-order valence-corrected chi connectivity index (χ1v) is 8.42. The zero-order chi connectivity index (χ0) is 15.4. The van der Waals surface area contributed by atoms with Crippen LogP contribution >= 0.6 is 0 Å². The highest BCUT2D eigenvalue weighted by atomic mass is 16.5. The number of carbonyl (C=O) groups is 1. The van der Waals surface area contributed by atoms with Crippen LogP contribution in [0.25, 0.3) is 0 Å². The van der Waals surface area contributed by atoms with Crippen molar-refractivity contribution in [3.05, 3.63) is 35.9 Å². The SMILES string of the molecule is C[C@H]1OCCN[C@@H]1C(=O)N1CCC(Cc2ccccc2)CC1. The summed E-state index contributed by atoms with van der Waals surface area (Å²) in [5.41, 5.74) is 1.41. The van der Waals surface area contributed by atoms with Crippen molar-refractivity contribution in [3.63, 3.8) is 0 Å². The van der Waals surface area contributed by atoms with Gasteiger partial charge in [-0.3, -0.25) is 4.79 Å². The average molecular weight is 302 g/mol. The highest BCUT2D eigenvalue weighted by Gasteiger charge is 2.33. The van der Waals surface area contributed by atoms with Gasteiger partial charge in [0.15, 0.2) is 0 Å². The van der Waals surface area contributed by atoms with Gasteiger partial charge in [-0.1, -0.05) is 30.3 Å². The van der Waals surface area contributed by atoms with Crippen LogP contribution in [0.15, 0.2) is 30.3 Å². The summed E-state index contributed by atoms with van der Waals surface area (Å²) in [6, 6.07) is 10.5. The van der Waals surface area contributed by atoms with Crippen LogP contribution in [0.4, 0.5) is 0 Å². The van der Waals surface area contributed by atoms with E-state index in [0.717, 1.165) is 38.9 Å². The third kappa shape index (κ3) is 3.68. The summed E-state index contributed by atoms with van der Waals surface area (Å²) >= 11 is 0. The summed E-state index contributed by atoms with van der Waals surface area (Å²) in [7, 11) is 0. The zero-order valence-corrected chi connectivity index (χ0v) is 13.3. The standard InChI is InChI=1S/C18H26N2O2/c1-14-17(19-9-12-22-14)18(21)20-10-7-16(8-11-20)13-15-5-3-2-4-6-15/h2-6,14,16-17,19H,7-13H2,1H3/t14-,17+/m1/s1. The molecular formula is C18H26N2O2. The normalized spacial score (nSPS) is 26.9. The van der Waals surface area contributed by atoms with E-state index in [-0.39, 0.29) is 18.1 Å². The minimum absolute atomic E-state index is 0.0247. The van der Waals surface area contributed by atoms with Gasteiger partial charge in [0, 0.05) is 19.6 Å². The highest BCUT2D eigenvalue weighted by Crippen LogP contribution is 2.22. The number of likely N-dealkylation sites (tertiary alicyclic amines) is 1. The molecule has 2 saturated heterocycles. The Morgan fingerprint density at radius 1 is 1.27 bits per heavy atom. The summed E-state index contributed by atoms with van der Waals surface area (Å²) in [5, 5.41) is 3.30. The van der Waals surface area contributed by atoms with Crippen LogP contribution in [0.2, 0.25) is 0 Å². The molecule has 1 N–H and O–H groups in total. The van der Waals surface area contributed by atoms with Crippen LogP contribution < -0.4 is 5.32 Å². The summed E-state index contributed by atoms with van der Waals surface area (Å²) in [4.78, 5) is 14.6. The van der Waals surface area contributed by atoms with Crippen molar-refractivity contribution in [1.29, 1.82) is 0 Å². The van der Waals surface area contributed by atoms with Crippen LogP contribution in [-0.2, 0) is 16.0 Å². The molecule has 0 spiro atoms. The molecule has 1 aromatic carbocycles. The number of piperidine rings is 1. The van der Waals surface area contributed by atoms with Gasteiger partial charge in [-0.15, -0.1) is 0 Å². The molecule has 120 valence electrons. The summed E-state index contributed by atoms with van der Waals surface area (Å²) < 4.78 is 5.59. The molecular weight excluding hydrogens is 276 g/mol. The molecule has 2 aliphatic heterocycles. The number of hydrogen-bond acceptors (Lipinski definition) is 3. The predicted octanol–water partition coefficient (Wildman–Crippen LogP) is 1.84. The van der Waals surface area contributed by atoms with Gasteiger partial charge in [-0.25, -0.2) is 0 Å². The fraction of sp³-hybridized carbons (Fsp3) is 0.611. The monoisotopic (exact) mass is 302 g/mol. The van der Waals surface area contributed by atoms with Crippen LogP contribution in [0, 0.1) is 5.92 Å². The number of benzene rings is 1. The van der Waals surface area contributed by atoms with Gasteiger partial charge in [0.2, 0.25) is 5.91 Å². The molecule has 0 aromatic heterocycles. The second-order valence-corrected chi connectivity index (χ2v) is 6.47. The number of rotatable bonds is 3. The topological polar surface area (TPSA) is 41.6 Å². The van der Waals surface area contributed by atoms with E-state index < -0.39 is 0 Å². The van der Waals surface area contributed by atoms with E-state index in [0.29, 0.717) is 12.5 Å². The molecule has 2 atom stereocenters. The molecule has 0 aliphatic carbocycles. The van der Waals surface area contributed by atoms with Crippen LogP contribution in [0.3, 0.4) is 0 Å². The lowest BCUT2D eigenvalue weighted by Crippen LogP contribution is -2.57. The van der Waals surface area contributed by atoms with Gasteiger partial charge >= 0.3 is 0 Å². The fourth-order valence-electron chi connectivity index (χ4n) is 3.51. The van der Waals surface area contributed by atoms with Gasteiger partial charge in [0.1, 0.15) is 6.04 Å². The van der Waals surface area contributed by atoms with E-state index in [1.54, 1.807) is 0 Å². The largest absolute Gasteiger partial charge is 0.375 e. The molecule has 0 unspecified atom stereocenters. The molecule has 1 amide bonds. The molecule has 4 nitrogen and oxygen atoms in total. The van der Waals surface area contributed by atoms with Gasteiger partial charge in [-0.2, -0.15) is 0 Å². The Balaban J connectivity index is 1.50. The predicted molar refractivity (Wildman–Crippen MR) is 86.7 cm³/mol. The van der Waals surface area contributed by atoms with Crippen LogP contribution in [0.1, 0.15) is 25.3 Å². The molecule has 4 heteroatoms. The lowest BCUT2D eigenvalue weighted by molar-refractivity contribution is -0.140. The number of amides is 1. The third-order valence-electron chi connectivity index (χ3n) is 4.88. The minimum Gasteiger partial charge on any atom is -0.375 e. The van der Waals surface area contributed by atoms with Crippen molar-refractivity contribution in [2.24, 2.45) is 5.92 Å². The molecule has 22 heavy (non-hydrogen) atoms. The molecule has 0 bridgehead atoms. The zero-order valence-electron chi connectivity index (χ0n) is 13.3. The molecule has 2 fully saturated rings. The first kappa shape index (κ1) is 15.5.